The van der Waals surface area contributed by atoms with Gasteiger partial charge in [0.2, 0.25) is 5.91 Å². The molecule has 2 heterocycles. The summed E-state index contributed by atoms with van der Waals surface area (Å²) in [4.78, 5) is 18.3. The van der Waals surface area contributed by atoms with Crippen molar-refractivity contribution < 1.29 is 9.53 Å². The maximum Gasteiger partial charge on any atom is 0.240 e. The van der Waals surface area contributed by atoms with Crippen LogP contribution < -0.4 is 10.6 Å². The van der Waals surface area contributed by atoms with Crippen LogP contribution in [0.3, 0.4) is 0 Å². The summed E-state index contributed by atoms with van der Waals surface area (Å²) in [6.45, 7) is 7.27. The Bertz CT molecular complexity index is 702. The Labute approximate surface area is 146 Å². The lowest BCUT2D eigenvalue weighted by molar-refractivity contribution is -0.129. The summed E-state index contributed by atoms with van der Waals surface area (Å²) in [5.74, 6) is -0.0243. The summed E-state index contributed by atoms with van der Waals surface area (Å²) in [5, 5.41) is 7.30. The van der Waals surface area contributed by atoms with E-state index in [-0.39, 0.29) is 24.1 Å². The normalized spacial score (nSPS) is 22.1. The number of carbonyl (C=O) groups excluding carboxylic acids is 1. The first kappa shape index (κ1) is 17.1. The summed E-state index contributed by atoms with van der Waals surface area (Å²) >= 11 is 1.63. The van der Waals surface area contributed by atoms with Crippen molar-refractivity contribution >= 4 is 17.2 Å². The molecule has 3 rings (SSSR count). The molecule has 1 fully saturated rings. The fourth-order valence-electron chi connectivity index (χ4n) is 2.91. The first-order valence-electron chi connectivity index (χ1n) is 8.24. The highest BCUT2D eigenvalue weighted by atomic mass is 32.1. The van der Waals surface area contributed by atoms with Gasteiger partial charge in [0.05, 0.1) is 29.3 Å². The number of ether oxygens (including phenoxy) is 1. The second-order valence-electron chi connectivity index (χ2n) is 6.07. The molecule has 1 aromatic carbocycles. The Morgan fingerprint density at radius 2 is 2.17 bits per heavy atom. The molecule has 6 heteroatoms. The van der Waals surface area contributed by atoms with Crippen LogP contribution in [0.4, 0.5) is 0 Å². The third kappa shape index (κ3) is 3.66. The molecule has 1 saturated heterocycles. The lowest BCUT2D eigenvalue weighted by Crippen LogP contribution is -2.55. The van der Waals surface area contributed by atoms with Crippen molar-refractivity contribution in [2.24, 2.45) is 0 Å². The zero-order valence-corrected chi connectivity index (χ0v) is 15.0. The third-order valence-corrected chi connectivity index (χ3v) is 5.59. The minimum atomic E-state index is -0.303. The van der Waals surface area contributed by atoms with Gasteiger partial charge in [0.1, 0.15) is 11.0 Å². The molecule has 2 aromatic rings. The highest BCUT2D eigenvalue weighted by Crippen LogP contribution is 2.31. The number of hydrogen-bond acceptors (Lipinski definition) is 5. The highest BCUT2D eigenvalue weighted by molar-refractivity contribution is 7.15. The molecule has 1 aromatic heterocycles. The van der Waals surface area contributed by atoms with Crippen LogP contribution in [0, 0.1) is 6.92 Å². The van der Waals surface area contributed by atoms with Crippen molar-refractivity contribution in [2.45, 2.75) is 39.0 Å². The second-order valence-corrected chi connectivity index (χ2v) is 7.10. The molecular weight excluding hydrogens is 322 g/mol. The Kier molecular flexibility index (Phi) is 5.28. The van der Waals surface area contributed by atoms with Crippen LogP contribution in [0.2, 0.25) is 0 Å². The van der Waals surface area contributed by atoms with E-state index in [0.29, 0.717) is 13.2 Å². The topological polar surface area (TPSA) is 63.2 Å². The van der Waals surface area contributed by atoms with E-state index in [4.69, 9.17) is 4.74 Å². The van der Waals surface area contributed by atoms with Gasteiger partial charge in [-0.15, -0.1) is 11.3 Å². The largest absolute Gasteiger partial charge is 0.375 e. The molecule has 0 aliphatic carbocycles. The zero-order chi connectivity index (χ0) is 17.1. The first-order chi connectivity index (χ1) is 11.6. The van der Waals surface area contributed by atoms with E-state index in [0.717, 1.165) is 21.1 Å². The molecule has 0 spiro atoms. The summed E-state index contributed by atoms with van der Waals surface area (Å²) in [6, 6.07) is 9.73. The molecule has 0 saturated carbocycles. The number of hydrogen-bond donors (Lipinski definition) is 2. The minimum Gasteiger partial charge on any atom is -0.375 e. The molecule has 1 amide bonds. The van der Waals surface area contributed by atoms with E-state index in [1.165, 1.54) is 0 Å². The molecule has 3 atom stereocenters. The molecule has 1 unspecified atom stereocenters. The van der Waals surface area contributed by atoms with Gasteiger partial charge in [-0.2, -0.15) is 0 Å². The molecule has 2 N–H and O–H groups in total. The van der Waals surface area contributed by atoms with E-state index in [9.17, 15) is 4.79 Å². The summed E-state index contributed by atoms with van der Waals surface area (Å²) in [6.07, 6.45) is -0.117. The monoisotopic (exact) mass is 345 g/mol. The average molecular weight is 345 g/mol. The van der Waals surface area contributed by atoms with Gasteiger partial charge in [-0.1, -0.05) is 30.3 Å². The van der Waals surface area contributed by atoms with Gasteiger partial charge in [-0.05, 0) is 20.8 Å². The lowest BCUT2D eigenvalue weighted by atomic mass is 10.1. The van der Waals surface area contributed by atoms with E-state index in [1.54, 1.807) is 11.3 Å². The number of thiazole rings is 1. The molecule has 0 bridgehead atoms. The van der Waals surface area contributed by atoms with Crippen molar-refractivity contribution in [1.82, 2.24) is 15.6 Å². The Balaban J connectivity index is 1.72. The number of nitrogens with zero attached hydrogens (tertiary/aromatic N) is 1. The van der Waals surface area contributed by atoms with Gasteiger partial charge < -0.3 is 15.4 Å². The Hall–Kier alpha value is -1.76. The van der Waals surface area contributed by atoms with Gasteiger partial charge in [-0.25, -0.2) is 4.98 Å². The number of carbonyl (C=O) groups is 1. The van der Waals surface area contributed by atoms with Crippen LogP contribution in [-0.4, -0.2) is 36.2 Å². The van der Waals surface area contributed by atoms with Gasteiger partial charge in [0.15, 0.2) is 0 Å². The molecule has 1 aliphatic rings. The average Bonchev–Trinajstić information content (AvgIpc) is 2.98. The van der Waals surface area contributed by atoms with Crippen LogP contribution in [0.5, 0.6) is 0 Å². The number of benzene rings is 1. The first-order valence-corrected chi connectivity index (χ1v) is 9.06. The fraction of sp³-hybridized carbons (Fsp3) is 0.444. The van der Waals surface area contributed by atoms with Crippen LogP contribution in [0.25, 0.3) is 10.6 Å². The Morgan fingerprint density at radius 3 is 2.88 bits per heavy atom. The molecule has 5 nitrogen and oxygen atoms in total. The van der Waals surface area contributed by atoms with Crippen molar-refractivity contribution in [3.63, 3.8) is 0 Å². The summed E-state index contributed by atoms with van der Waals surface area (Å²) < 4.78 is 5.55. The molecular formula is C18H23N3O2S. The predicted octanol–water partition coefficient (Wildman–Crippen LogP) is 2.67. The van der Waals surface area contributed by atoms with Gasteiger partial charge in [0, 0.05) is 12.1 Å². The molecule has 128 valence electrons. The number of morpholine rings is 1. The fourth-order valence-corrected chi connectivity index (χ4v) is 3.98. The van der Waals surface area contributed by atoms with Gasteiger partial charge in [0.25, 0.3) is 0 Å². The lowest BCUT2D eigenvalue weighted by Gasteiger charge is -2.30. The second kappa shape index (κ2) is 7.42. The minimum absolute atomic E-state index is 0.0243. The standard InChI is InChI=1S/C18H23N3O2S/c1-11(20-17(22)15-13(3)23-10-9-19-15)16-12(2)21-18(24-16)14-7-5-4-6-8-14/h4-8,11,13,15,19H,9-10H2,1-3H3,(H,20,22)/t11?,13-,15+/m1/s1. The maximum atomic E-state index is 12.5. The number of nitrogens with one attached hydrogen (secondary N) is 2. The highest BCUT2D eigenvalue weighted by Gasteiger charge is 2.29. The van der Waals surface area contributed by atoms with Gasteiger partial charge >= 0.3 is 0 Å². The van der Waals surface area contributed by atoms with Crippen LogP contribution in [0.15, 0.2) is 30.3 Å². The predicted molar refractivity (Wildman–Crippen MR) is 96.0 cm³/mol. The van der Waals surface area contributed by atoms with E-state index >= 15 is 0 Å². The summed E-state index contributed by atoms with van der Waals surface area (Å²) in [7, 11) is 0. The van der Waals surface area contributed by atoms with Crippen LogP contribution in [-0.2, 0) is 9.53 Å². The quantitative estimate of drug-likeness (QED) is 0.894. The summed E-state index contributed by atoms with van der Waals surface area (Å²) in [5.41, 5.74) is 2.07. The zero-order valence-electron chi connectivity index (χ0n) is 14.2. The Morgan fingerprint density at radius 1 is 1.42 bits per heavy atom. The number of rotatable bonds is 4. The van der Waals surface area contributed by atoms with Crippen LogP contribution in [0.1, 0.15) is 30.5 Å². The molecule has 1 aliphatic heterocycles. The number of aryl methyl sites for hydroxylation is 1. The smallest absolute Gasteiger partial charge is 0.240 e. The van der Waals surface area contributed by atoms with Crippen molar-refractivity contribution in [1.29, 1.82) is 0 Å². The number of amides is 1. The van der Waals surface area contributed by atoms with E-state index in [2.05, 4.69) is 27.8 Å². The van der Waals surface area contributed by atoms with Crippen LogP contribution >= 0.6 is 11.3 Å². The molecule has 0 radical (unpaired) electrons. The van der Waals surface area contributed by atoms with Crippen molar-refractivity contribution in [2.75, 3.05) is 13.2 Å². The SMILES string of the molecule is Cc1nc(-c2ccccc2)sc1C(C)NC(=O)[C@H]1NCCO[C@@H]1C. The van der Waals surface area contributed by atoms with Crippen molar-refractivity contribution in [3.8, 4) is 10.6 Å². The van der Waals surface area contributed by atoms with Crippen molar-refractivity contribution in [3.05, 3.63) is 40.9 Å². The van der Waals surface area contributed by atoms with Gasteiger partial charge in [-0.3, -0.25) is 4.79 Å². The van der Waals surface area contributed by atoms with E-state index in [1.807, 2.05) is 39.0 Å². The third-order valence-electron chi connectivity index (χ3n) is 4.20. The van der Waals surface area contributed by atoms with E-state index < -0.39 is 0 Å². The molecule has 24 heavy (non-hydrogen) atoms. The number of aromatic nitrogens is 1. The maximum absolute atomic E-state index is 12.5.